The zero-order valence-corrected chi connectivity index (χ0v) is 17.9. The third kappa shape index (κ3) is 5.35. The lowest BCUT2D eigenvalue weighted by Gasteiger charge is -2.18. The molecule has 158 valence electrons. The molecule has 1 amide bonds. The number of halogens is 1. The number of aromatic nitrogens is 2. The van der Waals surface area contributed by atoms with Crippen molar-refractivity contribution in [3.8, 4) is 11.3 Å². The molecule has 3 rings (SSSR count). The summed E-state index contributed by atoms with van der Waals surface area (Å²) < 4.78 is 0. The van der Waals surface area contributed by atoms with Gasteiger partial charge in [-0.25, -0.2) is 4.98 Å². The number of nitrogens with zero attached hydrogens (tertiary/aromatic N) is 1. The fourth-order valence-electron chi connectivity index (χ4n) is 2.85. The summed E-state index contributed by atoms with van der Waals surface area (Å²) in [6.07, 6.45) is 0.818. The maximum absolute atomic E-state index is 12.9. The van der Waals surface area contributed by atoms with E-state index in [2.05, 4.69) is 27.2 Å². The molecule has 2 heterocycles. The van der Waals surface area contributed by atoms with E-state index < -0.39 is 12.3 Å². The molecule has 1 aromatic carbocycles. The molecule has 0 fully saturated rings. The summed E-state index contributed by atoms with van der Waals surface area (Å²) >= 11 is 7.22. The van der Waals surface area contributed by atoms with Gasteiger partial charge in [-0.3, -0.25) is 10.1 Å². The predicted octanol–water partition coefficient (Wildman–Crippen LogP) is 3.33. The van der Waals surface area contributed by atoms with Gasteiger partial charge in [-0.15, -0.1) is 11.3 Å². The van der Waals surface area contributed by atoms with Gasteiger partial charge in [-0.2, -0.15) is 0 Å². The second kappa shape index (κ2) is 10.0. The van der Waals surface area contributed by atoms with Crippen molar-refractivity contribution in [2.24, 2.45) is 0 Å². The van der Waals surface area contributed by atoms with Gasteiger partial charge in [0.15, 0.2) is 0 Å². The Morgan fingerprint density at radius 2 is 2.07 bits per heavy atom. The van der Waals surface area contributed by atoms with Crippen LogP contribution in [0.2, 0.25) is 5.02 Å². The van der Waals surface area contributed by atoms with Gasteiger partial charge in [-0.1, -0.05) is 30.3 Å². The number of nitrogens with one attached hydrogen (secondary N) is 3. The lowest BCUT2D eigenvalue weighted by atomic mass is 10.2. The number of aliphatic hydroxyl groups is 2. The van der Waals surface area contributed by atoms with Crippen molar-refractivity contribution < 1.29 is 15.0 Å². The molecule has 9 heteroatoms. The minimum absolute atomic E-state index is 0.162. The molecule has 0 bridgehead atoms. The predicted molar refractivity (Wildman–Crippen MR) is 119 cm³/mol. The quantitative estimate of drug-likeness (QED) is 0.324. The van der Waals surface area contributed by atoms with Crippen molar-refractivity contribution in [3.63, 3.8) is 0 Å². The Hall–Kier alpha value is -2.49. The van der Waals surface area contributed by atoms with Crippen LogP contribution in [0.25, 0.3) is 17.3 Å². The van der Waals surface area contributed by atoms with Crippen LogP contribution in [0, 0.1) is 0 Å². The summed E-state index contributed by atoms with van der Waals surface area (Å²) in [6.45, 7) is 5.41. The van der Waals surface area contributed by atoms with Crippen LogP contribution in [0.3, 0.4) is 0 Å². The number of H-pyrrole nitrogens is 1. The molecule has 0 spiro atoms. The highest BCUT2D eigenvalue weighted by Gasteiger charge is 2.22. The topological polar surface area (TPSA) is 110 Å². The molecule has 2 aromatic heterocycles. The molecule has 0 saturated carbocycles. The molecule has 5 N–H and O–H groups in total. The summed E-state index contributed by atoms with van der Waals surface area (Å²) in [7, 11) is 0. The molecule has 2 unspecified atom stereocenters. The van der Waals surface area contributed by atoms with E-state index in [9.17, 15) is 15.0 Å². The maximum atomic E-state index is 12.9. The molecular weight excluding hydrogens is 424 g/mol. The smallest absolute Gasteiger partial charge is 0.268 e. The first kappa shape index (κ1) is 22.2. The maximum Gasteiger partial charge on any atom is 0.268 e. The third-order valence-corrected chi connectivity index (χ3v) is 5.81. The number of hydrogen-bond donors (Lipinski definition) is 5. The van der Waals surface area contributed by atoms with Crippen LogP contribution in [-0.4, -0.2) is 38.9 Å². The molecular formula is C21H23ClN4O3S. The van der Waals surface area contributed by atoms with E-state index in [1.165, 1.54) is 11.3 Å². The number of hydrogen-bond acceptors (Lipinski definition) is 6. The van der Waals surface area contributed by atoms with Crippen molar-refractivity contribution in [2.75, 3.05) is 6.54 Å². The average molecular weight is 447 g/mol. The van der Waals surface area contributed by atoms with Gasteiger partial charge in [0.05, 0.1) is 23.2 Å². The zero-order valence-electron chi connectivity index (χ0n) is 16.4. The Morgan fingerprint density at radius 1 is 1.33 bits per heavy atom. The number of amides is 1. The SMILES string of the molecule is C=Cc1nc(C(CNC(C)O)NC(=O)c2ccc(-c3ccc(Cl)cc3)[nH]2)sc1CO. The number of aromatic amines is 1. The molecule has 0 saturated heterocycles. The van der Waals surface area contributed by atoms with Gasteiger partial charge >= 0.3 is 0 Å². The van der Waals surface area contributed by atoms with Crippen molar-refractivity contribution in [1.29, 1.82) is 0 Å². The number of benzene rings is 1. The van der Waals surface area contributed by atoms with Crippen LogP contribution in [0.1, 0.15) is 39.0 Å². The highest BCUT2D eigenvalue weighted by molar-refractivity contribution is 7.11. The van der Waals surface area contributed by atoms with Crippen molar-refractivity contribution in [1.82, 2.24) is 20.6 Å². The van der Waals surface area contributed by atoms with Gasteiger partial charge in [0.25, 0.3) is 5.91 Å². The third-order valence-electron chi connectivity index (χ3n) is 4.39. The van der Waals surface area contributed by atoms with E-state index in [-0.39, 0.29) is 19.1 Å². The van der Waals surface area contributed by atoms with Crippen molar-refractivity contribution in [3.05, 3.63) is 69.3 Å². The Kier molecular flexibility index (Phi) is 7.41. The summed E-state index contributed by atoms with van der Waals surface area (Å²) in [5.41, 5.74) is 2.68. The van der Waals surface area contributed by atoms with Gasteiger partial charge in [0, 0.05) is 17.3 Å². The number of rotatable bonds is 9. The molecule has 0 aliphatic carbocycles. The first-order valence-electron chi connectivity index (χ1n) is 9.31. The number of aliphatic hydroxyl groups excluding tert-OH is 2. The Labute approximate surface area is 183 Å². The second-order valence-electron chi connectivity index (χ2n) is 6.63. The Balaban J connectivity index is 1.80. The Morgan fingerprint density at radius 3 is 2.67 bits per heavy atom. The molecule has 2 atom stereocenters. The van der Waals surface area contributed by atoms with E-state index in [1.54, 1.807) is 31.2 Å². The van der Waals surface area contributed by atoms with Crippen LogP contribution in [0.15, 0.2) is 43.0 Å². The van der Waals surface area contributed by atoms with Crippen molar-refractivity contribution >= 4 is 34.9 Å². The largest absolute Gasteiger partial charge is 0.391 e. The zero-order chi connectivity index (χ0) is 21.7. The monoisotopic (exact) mass is 446 g/mol. The highest BCUT2D eigenvalue weighted by atomic mass is 35.5. The first-order chi connectivity index (χ1) is 14.4. The van der Waals surface area contributed by atoms with Crippen LogP contribution in [-0.2, 0) is 6.61 Å². The number of thiazole rings is 1. The number of carbonyl (C=O) groups is 1. The van der Waals surface area contributed by atoms with Gasteiger partial charge in [0.1, 0.15) is 16.9 Å². The molecule has 0 aliphatic heterocycles. The summed E-state index contributed by atoms with van der Waals surface area (Å²) in [4.78, 5) is 21.1. The fraction of sp³-hybridized carbons (Fsp3) is 0.238. The first-order valence-corrected chi connectivity index (χ1v) is 10.5. The van der Waals surface area contributed by atoms with E-state index in [0.717, 1.165) is 11.3 Å². The van der Waals surface area contributed by atoms with Gasteiger partial charge in [-0.05, 0) is 42.8 Å². The normalized spacial score (nSPS) is 13.1. The lowest BCUT2D eigenvalue weighted by Crippen LogP contribution is -2.38. The van der Waals surface area contributed by atoms with E-state index >= 15 is 0 Å². The van der Waals surface area contributed by atoms with E-state index in [0.29, 0.717) is 26.3 Å². The average Bonchev–Trinajstić information content (AvgIpc) is 3.38. The minimum Gasteiger partial charge on any atom is -0.391 e. The van der Waals surface area contributed by atoms with Crippen molar-refractivity contribution in [2.45, 2.75) is 25.8 Å². The van der Waals surface area contributed by atoms with Crippen LogP contribution < -0.4 is 10.6 Å². The number of carbonyl (C=O) groups excluding carboxylic acids is 1. The molecule has 3 aromatic rings. The van der Waals surface area contributed by atoms with Crippen LogP contribution in [0.5, 0.6) is 0 Å². The van der Waals surface area contributed by atoms with Gasteiger partial charge < -0.3 is 20.5 Å². The van der Waals surface area contributed by atoms with E-state index in [1.807, 2.05) is 18.2 Å². The summed E-state index contributed by atoms with van der Waals surface area (Å²) in [5, 5.41) is 26.2. The Bertz CT molecular complexity index is 1010. The molecule has 30 heavy (non-hydrogen) atoms. The fourth-order valence-corrected chi connectivity index (χ4v) is 3.96. The summed E-state index contributed by atoms with van der Waals surface area (Å²) in [6, 6.07) is 10.3. The second-order valence-corrected chi connectivity index (χ2v) is 8.18. The summed E-state index contributed by atoms with van der Waals surface area (Å²) in [5.74, 6) is -0.312. The van der Waals surface area contributed by atoms with Crippen LogP contribution >= 0.6 is 22.9 Å². The van der Waals surface area contributed by atoms with Crippen LogP contribution in [0.4, 0.5) is 0 Å². The minimum atomic E-state index is -0.748. The van der Waals surface area contributed by atoms with E-state index in [4.69, 9.17) is 11.6 Å². The molecule has 0 aliphatic rings. The highest BCUT2D eigenvalue weighted by Crippen LogP contribution is 2.26. The molecule has 7 nitrogen and oxygen atoms in total. The standard InChI is InChI=1S/C21H23ClN4O3S/c1-3-15-19(11-27)30-21(26-15)18(10-23-12(2)28)25-20(29)17-9-8-16(24-17)13-4-6-14(22)7-5-13/h3-9,12,18,23-24,27-28H,1,10-11H2,2H3,(H,25,29). The molecule has 0 radical (unpaired) electrons. The lowest BCUT2D eigenvalue weighted by molar-refractivity contribution is 0.0921. The van der Waals surface area contributed by atoms with Gasteiger partial charge in [0.2, 0.25) is 0 Å².